The molecule has 0 radical (unpaired) electrons. The van der Waals surface area contributed by atoms with E-state index in [9.17, 15) is 0 Å². The van der Waals surface area contributed by atoms with Gasteiger partial charge in [-0.05, 0) is 81.9 Å². The molecule has 50 heavy (non-hydrogen) atoms. The molecule has 0 aliphatic rings. The van der Waals surface area contributed by atoms with Crippen LogP contribution in [0.15, 0.2) is 194 Å². The molecule has 0 spiro atoms. The molecule has 10 aromatic rings. The molecule has 0 atom stereocenters. The summed E-state index contributed by atoms with van der Waals surface area (Å²) in [4.78, 5) is 0. The first kappa shape index (κ1) is 28.4. The second kappa shape index (κ2) is 11.5. The SMILES string of the molecule is c1ccc(-c2ccccc2-c2ccc(-n3c4ccccc4c4ccccc43)cc2)c(-c2ccc(-n3c4ccccc4c4ccccc43)cc2)c1. The van der Waals surface area contributed by atoms with Gasteiger partial charge in [-0.1, -0.05) is 146 Å². The van der Waals surface area contributed by atoms with Gasteiger partial charge in [0, 0.05) is 32.9 Å². The summed E-state index contributed by atoms with van der Waals surface area (Å²) in [5, 5.41) is 5.10. The van der Waals surface area contributed by atoms with E-state index in [1.807, 2.05) is 0 Å². The quantitative estimate of drug-likeness (QED) is 0.178. The van der Waals surface area contributed by atoms with Crippen molar-refractivity contribution in [1.82, 2.24) is 9.13 Å². The van der Waals surface area contributed by atoms with Gasteiger partial charge in [0.05, 0.1) is 22.1 Å². The van der Waals surface area contributed by atoms with E-state index in [2.05, 4.69) is 203 Å². The number of hydrogen-bond acceptors (Lipinski definition) is 0. The maximum absolute atomic E-state index is 2.37. The molecule has 2 aromatic heterocycles. The number of fused-ring (bicyclic) bond motifs is 6. The van der Waals surface area contributed by atoms with E-state index in [1.54, 1.807) is 0 Å². The first-order valence-corrected chi connectivity index (χ1v) is 17.2. The van der Waals surface area contributed by atoms with E-state index in [1.165, 1.54) is 77.0 Å². The van der Waals surface area contributed by atoms with Gasteiger partial charge in [0.25, 0.3) is 0 Å². The van der Waals surface area contributed by atoms with Crippen molar-refractivity contribution in [2.75, 3.05) is 0 Å². The van der Waals surface area contributed by atoms with Gasteiger partial charge in [-0.3, -0.25) is 0 Å². The molecule has 0 bridgehead atoms. The molecule has 0 saturated carbocycles. The van der Waals surface area contributed by atoms with E-state index in [-0.39, 0.29) is 0 Å². The lowest BCUT2D eigenvalue weighted by Gasteiger charge is -2.16. The highest BCUT2D eigenvalue weighted by Crippen LogP contribution is 2.40. The number of para-hydroxylation sites is 4. The van der Waals surface area contributed by atoms with Crippen LogP contribution in [0.4, 0.5) is 0 Å². The van der Waals surface area contributed by atoms with Crippen LogP contribution in [0.25, 0.3) is 88.4 Å². The molecular formula is C48H32N2. The fourth-order valence-corrected chi connectivity index (χ4v) is 7.92. The highest BCUT2D eigenvalue weighted by atomic mass is 15.0. The minimum atomic E-state index is 1.16. The largest absolute Gasteiger partial charge is 0.309 e. The topological polar surface area (TPSA) is 9.86 Å². The highest BCUT2D eigenvalue weighted by Gasteiger charge is 2.16. The van der Waals surface area contributed by atoms with Crippen molar-refractivity contribution in [3.05, 3.63) is 194 Å². The molecule has 8 aromatic carbocycles. The van der Waals surface area contributed by atoms with Crippen molar-refractivity contribution in [2.45, 2.75) is 0 Å². The van der Waals surface area contributed by atoms with Gasteiger partial charge in [-0.25, -0.2) is 0 Å². The first-order chi connectivity index (χ1) is 24.8. The summed E-state index contributed by atoms with van der Waals surface area (Å²) < 4.78 is 4.75. The van der Waals surface area contributed by atoms with Crippen LogP contribution >= 0.6 is 0 Å². The third-order valence-corrected chi connectivity index (χ3v) is 10.2. The molecule has 0 fully saturated rings. The molecule has 0 unspecified atom stereocenters. The normalized spacial score (nSPS) is 11.6. The molecule has 10 rings (SSSR count). The fourth-order valence-electron chi connectivity index (χ4n) is 7.92. The van der Waals surface area contributed by atoms with Crippen LogP contribution in [0.5, 0.6) is 0 Å². The lowest BCUT2D eigenvalue weighted by Crippen LogP contribution is -1.95. The molecule has 234 valence electrons. The average Bonchev–Trinajstić information content (AvgIpc) is 3.71. The minimum absolute atomic E-state index is 1.16. The second-order valence-electron chi connectivity index (χ2n) is 12.9. The molecule has 0 N–H and O–H groups in total. The molecule has 0 saturated heterocycles. The Kier molecular flexibility index (Phi) is 6.53. The molecule has 2 nitrogen and oxygen atoms in total. The zero-order valence-electron chi connectivity index (χ0n) is 27.4. The molecule has 0 aliphatic carbocycles. The van der Waals surface area contributed by atoms with Gasteiger partial charge >= 0.3 is 0 Å². The number of nitrogens with zero attached hydrogens (tertiary/aromatic N) is 2. The van der Waals surface area contributed by atoms with Crippen LogP contribution in [0.2, 0.25) is 0 Å². The van der Waals surface area contributed by atoms with Gasteiger partial charge < -0.3 is 9.13 Å². The third-order valence-electron chi connectivity index (χ3n) is 10.2. The van der Waals surface area contributed by atoms with E-state index >= 15 is 0 Å². The zero-order chi connectivity index (χ0) is 33.0. The highest BCUT2D eigenvalue weighted by molar-refractivity contribution is 6.10. The molecule has 0 aliphatic heterocycles. The lowest BCUT2D eigenvalue weighted by molar-refractivity contribution is 1.18. The van der Waals surface area contributed by atoms with Gasteiger partial charge in [0.15, 0.2) is 0 Å². The second-order valence-corrected chi connectivity index (χ2v) is 12.9. The average molecular weight is 637 g/mol. The van der Waals surface area contributed by atoms with E-state index in [4.69, 9.17) is 0 Å². The van der Waals surface area contributed by atoms with E-state index < -0.39 is 0 Å². The molecular weight excluding hydrogens is 605 g/mol. The van der Waals surface area contributed by atoms with Crippen molar-refractivity contribution in [1.29, 1.82) is 0 Å². The van der Waals surface area contributed by atoms with Gasteiger partial charge in [0.2, 0.25) is 0 Å². The Bertz CT molecular complexity index is 2540. The predicted octanol–water partition coefficient (Wildman–Crippen LogP) is 12.9. The third kappa shape index (κ3) is 4.43. The maximum atomic E-state index is 2.37. The number of rotatable bonds is 5. The van der Waals surface area contributed by atoms with Gasteiger partial charge in [0.1, 0.15) is 0 Å². The van der Waals surface area contributed by atoms with Crippen LogP contribution in [-0.4, -0.2) is 9.13 Å². The number of aromatic nitrogens is 2. The van der Waals surface area contributed by atoms with Crippen molar-refractivity contribution >= 4 is 43.6 Å². The molecule has 2 heteroatoms. The summed E-state index contributed by atoms with van der Waals surface area (Å²) in [5.74, 6) is 0. The predicted molar refractivity (Wildman–Crippen MR) is 211 cm³/mol. The van der Waals surface area contributed by atoms with Crippen molar-refractivity contribution < 1.29 is 0 Å². The Balaban J connectivity index is 1.04. The zero-order valence-corrected chi connectivity index (χ0v) is 27.4. The van der Waals surface area contributed by atoms with Crippen LogP contribution in [-0.2, 0) is 0 Å². The van der Waals surface area contributed by atoms with Crippen molar-refractivity contribution in [3.63, 3.8) is 0 Å². The Morgan fingerprint density at radius 1 is 0.220 bits per heavy atom. The summed E-state index contributed by atoms with van der Waals surface area (Å²) >= 11 is 0. The summed E-state index contributed by atoms with van der Waals surface area (Å²) in [5.41, 5.74) is 14.5. The minimum Gasteiger partial charge on any atom is -0.309 e. The van der Waals surface area contributed by atoms with E-state index in [0.29, 0.717) is 0 Å². The molecule has 0 amide bonds. The van der Waals surface area contributed by atoms with Crippen LogP contribution in [0, 0.1) is 0 Å². The number of benzene rings is 8. The standard InChI is InChI=1S/C48H32N2/c1-3-15-39(37(13-1)33-25-29-35(30-26-33)49-45-21-9-5-17-41(45)42-18-6-10-22-46(42)49)40-16-4-2-14-38(40)34-27-31-36(32-28-34)50-47-23-11-7-19-43(47)44-20-8-12-24-48(44)50/h1-32H. The number of hydrogen-bond donors (Lipinski definition) is 0. The van der Waals surface area contributed by atoms with E-state index in [0.717, 1.165) is 11.4 Å². The Hall–Kier alpha value is -6.64. The van der Waals surface area contributed by atoms with Gasteiger partial charge in [-0.2, -0.15) is 0 Å². The summed E-state index contributed by atoms with van der Waals surface area (Å²) in [6, 6.07) is 70.3. The Morgan fingerprint density at radius 2 is 0.480 bits per heavy atom. The Morgan fingerprint density at radius 3 is 0.800 bits per heavy atom. The van der Waals surface area contributed by atoms with Crippen LogP contribution in [0.3, 0.4) is 0 Å². The first-order valence-electron chi connectivity index (χ1n) is 17.2. The smallest absolute Gasteiger partial charge is 0.0541 e. The van der Waals surface area contributed by atoms with Gasteiger partial charge in [-0.15, -0.1) is 0 Å². The maximum Gasteiger partial charge on any atom is 0.0541 e. The Labute approximate surface area is 290 Å². The monoisotopic (exact) mass is 636 g/mol. The fraction of sp³-hybridized carbons (Fsp3) is 0. The van der Waals surface area contributed by atoms with Crippen LogP contribution in [0.1, 0.15) is 0 Å². The van der Waals surface area contributed by atoms with Crippen molar-refractivity contribution in [2.24, 2.45) is 0 Å². The van der Waals surface area contributed by atoms with Crippen molar-refractivity contribution in [3.8, 4) is 44.8 Å². The summed E-state index contributed by atoms with van der Waals surface area (Å²) in [7, 11) is 0. The summed E-state index contributed by atoms with van der Waals surface area (Å²) in [6.07, 6.45) is 0. The van der Waals surface area contributed by atoms with Crippen LogP contribution < -0.4 is 0 Å². The lowest BCUT2D eigenvalue weighted by atomic mass is 9.89. The summed E-state index contributed by atoms with van der Waals surface area (Å²) in [6.45, 7) is 0. The molecule has 2 heterocycles.